The molecule has 1 rings (SSSR count). The van der Waals surface area contributed by atoms with Crippen LogP contribution in [0, 0.1) is 5.82 Å². The van der Waals surface area contributed by atoms with Gasteiger partial charge in [-0.25, -0.2) is 18.2 Å². The van der Waals surface area contributed by atoms with Crippen molar-refractivity contribution in [2.75, 3.05) is 0 Å². The summed E-state index contributed by atoms with van der Waals surface area (Å²) >= 11 is 10.7. The zero-order valence-corrected chi connectivity index (χ0v) is 7.71. The quantitative estimate of drug-likeness (QED) is 0.559. The van der Waals surface area contributed by atoms with Crippen molar-refractivity contribution in [3.8, 4) is 0 Å². The molecular formula is C7H4Cl2F3N. The maximum absolute atomic E-state index is 12.9. The van der Waals surface area contributed by atoms with E-state index in [2.05, 4.69) is 4.98 Å². The Labute approximate surface area is 82.5 Å². The second-order valence-electron chi connectivity index (χ2n) is 2.23. The zero-order chi connectivity index (χ0) is 10.0. The molecule has 0 spiro atoms. The van der Waals surface area contributed by atoms with Crippen LogP contribution in [0.25, 0.3) is 0 Å². The van der Waals surface area contributed by atoms with Crippen molar-refractivity contribution in [3.63, 3.8) is 0 Å². The highest BCUT2D eigenvalue weighted by Crippen LogP contribution is 2.24. The van der Waals surface area contributed by atoms with Gasteiger partial charge in [-0.3, -0.25) is 0 Å². The van der Waals surface area contributed by atoms with Gasteiger partial charge in [0.2, 0.25) is 0 Å². The summed E-state index contributed by atoms with van der Waals surface area (Å²) in [4.78, 5) is 3.30. The Bertz CT molecular complexity index is 294. The molecule has 13 heavy (non-hydrogen) atoms. The molecule has 0 saturated heterocycles. The van der Waals surface area contributed by atoms with E-state index in [0.29, 0.717) is 6.07 Å². The maximum Gasteiger partial charge on any atom is 0.280 e. The predicted molar refractivity (Wildman–Crippen MR) is 43.7 cm³/mol. The van der Waals surface area contributed by atoms with E-state index >= 15 is 0 Å². The summed E-state index contributed by atoms with van der Waals surface area (Å²) in [6.07, 6.45) is -2.84. The molecule has 0 aromatic carbocycles. The van der Waals surface area contributed by atoms with E-state index in [1.54, 1.807) is 0 Å². The average molecular weight is 230 g/mol. The minimum Gasteiger partial charge on any atom is -0.235 e. The Morgan fingerprint density at radius 1 is 1.46 bits per heavy atom. The summed E-state index contributed by atoms with van der Waals surface area (Å²) in [5.74, 6) is -1.05. The largest absolute Gasteiger partial charge is 0.280 e. The molecule has 0 radical (unpaired) electrons. The molecule has 0 atom stereocenters. The van der Waals surface area contributed by atoms with Gasteiger partial charge in [0.1, 0.15) is 16.7 Å². The van der Waals surface area contributed by atoms with Gasteiger partial charge >= 0.3 is 0 Å². The molecular weight excluding hydrogens is 226 g/mol. The number of rotatable bonds is 2. The van der Waals surface area contributed by atoms with Crippen LogP contribution in [-0.2, 0) is 5.88 Å². The standard InChI is InChI=1S/C7H4Cl2F3N/c8-2-3-4(10)1-5(7(11)12)13-6(3)9/h1,7H,2H2. The van der Waals surface area contributed by atoms with Gasteiger partial charge in [0, 0.05) is 11.6 Å². The third-order valence-corrected chi connectivity index (χ3v) is 1.98. The van der Waals surface area contributed by atoms with Gasteiger partial charge in [0.25, 0.3) is 6.43 Å². The lowest BCUT2D eigenvalue weighted by atomic mass is 10.2. The Balaban J connectivity index is 3.20. The van der Waals surface area contributed by atoms with Crippen molar-refractivity contribution < 1.29 is 13.2 Å². The van der Waals surface area contributed by atoms with Gasteiger partial charge in [-0.1, -0.05) is 11.6 Å². The molecule has 1 aromatic heterocycles. The van der Waals surface area contributed by atoms with E-state index in [4.69, 9.17) is 23.2 Å². The lowest BCUT2D eigenvalue weighted by Crippen LogP contribution is -1.97. The van der Waals surface area contributed by atoms with E-state index in [1.807, 2.05) is 0 Å². The second kappa shape index (κ2) is 4.15. The Hall–Kier alpha value is -0.480. The van der Waals surface area contributed by atoms with Crippen LogP contribution >= 0.6 is 23.2 Å². The van der Waals surface area contributed by atoms with Crippen molar-refractivity contribution in [3.05, 3.63) is 28.3 Å². The molecule has 0 N–H and O–H groups in total. The summed E-state index contributed by atoms with van der Waals surface area (Å²) in [5, 5.41) is -0.315. The molecule has 72 valence electrons. The summed E-state index contributed by atoms with van der Waals surface area (Å²) in [6, 6.07) is 0.633. The first-order valence-corrected chi connectivity index (χ1v) is 4.16. The number of hydrogen-bond acceptors (Lipinski definition) is 1. The fourth-order valence-corrected chi connectivity index (χ4v) is 1.34. The van der Waals surface area contributed by atoms with Crippen LogP contribution in [0.15, 0.2) is 6.07 Å². The van der Waals surface area contributed by atoms with E-state index in [0.717, 1.165) is 0 Å². The second-order valence-corrected chi connectivity index (χ2v) is 2.86. The summed E-state index contributed by atoms with van der Waals surface area (Å²) < 4.78 is 37.0. The van der Waals surface area contributed by atoms with Gasteiger partial charge in [-0.05, 0) is 0 Å². The van der Waals surface area contributed by atoms with Gasteiger partial charge in [0.05, 0.1) is 5.88 Å². The molecule has 0 fully saturated rings. The minimum atomic E-state index is -2.84. The third kappa shape index (κ3) is 2.25. The number of hydrogen-bond donors (Lipinski definition) is 0. The van der Waals surface area contributed by atoms with Crippen molar-refractivity contribution in [1.29, 1.82) is 0 Å². The van der Waals surface area contributed by atoms with Crippen LogP contribution in [0.4, 0.5) is 13.2 Å². The van der Waals surface area contributed by atoms with Crippen molar-refractivity contribution in [1.82, 2.24) is 4.98 Å². The molecule has 0 saturated carbocycles. The first kappa shape index (κ1) is 10.6. The number of halogens is 5. The monoisotopic (exact) mass is 229 g/mol. The van der Waals surface area contributed by atoms with Gasteiger partial charge in [-0.15, -0.1) is 11.6 Å². The van der Waals surface area contributed by atoms with Gasteiger partial charge < -0.3 is 0 Å². The van der Waals surface area contributed by atoms with Gasteiger partial charge in [0.15, 0.2) is 0 Å². The molecule has 0 unspecified atom stereocenters. The zero-order valence-electron chi connectivity index (χ0n) is 6.20. The number of aromatic nitrogens is 1. The smallest absolute Gasteiger partial charge is 0.235 e. The van der Waals surface area contributed by atoms with Crippen LogP contribution in [0.5, 0.6) is 0 Å². The average Bonchev–Trinajstić information content (AvgIpc) is 2.03. The van der Waals surface area contributed by atoms with E-state index < -0.39 is 17.9 Å². The lowest BCUT2D eigenvalue weighted by Gasteiger charge is -2.04. The molecule has 0 aliphatic rings. The van der Waals surface area contributed by atoms with E-state index in [-0.39, 0.29) is 16.6 Å². The Morgan fingerprint density at radius 2 is 2.08 bits per heavy atom. The fourth-order valence-electron chi connectivity index (χ4n) is 0.759. The molecule has 1 aromatic rings. The minimum absolute atomic E-state index is 0.0623. The summed E-state index contributed by atoms with van der Waals surface area (Å²) in [7, 11) is 0. The first-order chi connectivity index (χ1) is 6.06. The maximum atomic E-state index is 12.9. The van der Waals surface area contributed by atoms with Crippen LogP contribution in [0.1, 0.15) is 17.7 Å². The summed E-state index contributed by atoms with van der Waals surface area (Å²) in [5.41, 5.74) is -0.746. The number of alkyl halides is 3. The SMILES string of the molecule is Fc1cc(C(F)F)nc(Cl)c1CCl. The number of nitrogens with zero attached hydrogens (tertiary/aromatic N) is 1. The lowest BCUT2D eigenvalue weighted by molar-refractivity contribution is 0.145. The highest BCUT2D eigenvalue weighted by Gasteiger charge is 2.15. The predicted octanol–water partition coefficient (Wildman–Crippen LogP) is 3.55. The van der Waals surface area contributed by atoms with Crippen LogP contribution in [-0.4, -0.2) is 4.98 Å². The Morgan fingerprint density at radius 3 is 2.46 bits per heavy atom. The van der Waals surface area contributed by atoms with Crippen molar-refractivity contribution in [2.24, 2.45) is 0 Å². The fraction of sp³-hybridized carbons (Fsp3) is 0.286. The molecule has 6 heteroatoms. The highest BCUT2D eigenvalue weighted by molar-refractivity contribution is 6.31. The number of pyridine rings is 1. The van der Waals surface area contributed by atoms with E-state index in [1.165, 1.54) is 0 Å². The molecule has 0 bridgehead atoms. The third-order valence-electron chi connectivity index (χ3n) is 1.40. The first-order valence-electron chi connectivity index (χ1n) is 3.25. The molecule has 1 heterocycles. The highest BCUT2D eigenvalue weighted by atomic mass is 35.5. The molecule has 0 aliphatic carbocycles. The normalized spacial score (nSPS) is 10.9. The van der Waals surface area contributed by atoms with Crippen LogP contribution < -0.4 is 0 Å². The van der Waals surface area contributed by atoms with Crippen molar-refractivity contribution in [2.45, 2.75) is 12.3 Å². The van der Waals surface area contributed by atoms with Crippen LogP contribution in [0.2, 0.25) is 5.15 Å². The molecule has 1 nitrogen and oxygen atoms in total. The molecule has 0 amide bonds. The molecule has 0 aliphatic heterocycles. The van der Waals surface area contributed by atoms with E-state index in [9.17, 15) is 13.2 Å². The summed E-state index contributed by atoms with van der Waals surface area (Å²) in [6.45, 7) is 0. The topological polar surface area (TPSA) is 12.9 Å². The van der Waals surface area contributed by atoms with Gasteiger partial charge in [-0.2, -0.15) is 0 Å². The van der Waals surface area contributed by atoms with Crippen LogP contribution in [0.3, 0.4) is 0 Å². The Kier molecular flexibility index (Phi) is 3.39. The van der Waals surface area contributed by atoms with Crippen molar-refractivity contribution >= 4 is 23.2 Å².